The highest BCUT2D eigenvalue weighted by molar-refractivity contribution is 8.00. The molecule has 0 aromatic heterocycles. The number of hydrogen-bond acceptors (Lipinski definition) is 2. The SMILES string of the molecule is Bc1cccc(C2=CC(C(C)(C)SC)=CC3=CC=CNC32)c1. The zero-order valence-electron chi connectivity index (χ0n) is 13.7. The molecule has 1 heterocycles. The third kappa shape index (κ3) is 2.82. The number of dihydropyridines is 1. The molecule has 0 spiro atoms. The van der Waals surface area contributed by atoms with E-state index < -0.39 is 0 Å². The maximum absolute atomic E-state index is 3.51. The van der Waals surface area contributed by atoms with Crippen molar-refractivity contribution in [3.8, 4) is 0 Å². The second-order valence-electron chi connectivity index (χ2n) is 6.41. The molecule has 1 atom stereocenters. The van der Waals surface area contributed by atoms with Gasteiger partial charge in [0.15, 0.2) is 0 Å². The number of rotatable bonds is 3. The molecular formula is C19H22BNS. The van der Waals surface area contributed by atoms with E-state index in [0.717, 1.165) is 0 Å². The minimum atomic E-state index is 0.113. The third-order valence-electron chi connectivity index (χ3n) is 4.48. The summed E-state index contributed by atoms with van der Waals surface area (Å²) in [5.41, 5.74) is 6.70. The first kappa shape index (κ1) is 15.3. The molecule has 22 heavy (non-hydrogen) atoms. The lowest BCUT2D eigenvalue weighted by Gasteiger charge is -2.34. The number of hydrogen-bond donors (Lipinski definition) is 1. The molecular weight excluding hydrogens is 285 g/mol. The fourth-order valence-electron chi connectivity index (χ4n) is 2.92. The highest BCUT2D eigenvalue weighted by Gasteiger charge is 2.29. The number of nitrogens with one attached hydrogen (secondary N) is 1. The van der Waals surface area contributed by atoms with Crippen LogP contribution in [0.15, 0.2) is 65.9 Å². The molecule has 3 rings (SSSR count). The van der Waals surface area contributed by atoms with E-state index in [1.807, 2.05) is 18.0 Å². The van der Waals surface area contributed by atoms with Gasteiger partial charge in [-0.2, -0.15) is 11.8 Å². The number of allylic oxidation sites excluding steroid dienone is 3. The molecule has 112 valence electrons. The van der Waals surface area contributed by atoms with Gasteiger partial charge in [0.25, 0.3) is 0 Å². The van der Waals surface area contributed by atoms with E-state index in [0.29, 0.717) is 0 Å². The van der Waals surface area contributed by atoms with Gasteiger partial charge >= 0.3 is 0 Å². The topological polar surface area (TPSA) is 12.0 Å². The van der Waals surface area contributed by atoms with E-state index in [2.05, 4.69) is 81.8 Å². The van der Waals surface area contributed by atoms with Crippen molar-refractivity contribution in [3.05, 3.63) is 71.5 Å². The smallest absolute Gasteiger partial charge is 0.139 e. The van der Waals surface area contributed by atoms with Crippen molar-refractivity contribution in [2.45, 2.75) is 24.6 Å². The molecule has 0 amide bonds. The molecule has 0 fully saturated rings. The first-order valence-electron chi connectivity index (χ1n) is 7.70. The highest BCUT2D eigenvalue weighted by atomic mass is 32.2. The van der Waals surface area contributed by atoms with Crippen LogP contribution >= 0.6 is 11.8 Å². The van der Waals surface area contributed by atoms with Gasteiger partial charge in [-0.05, 0) is 54.7 Å². The Morgan fingerprint density at radius 1 is 1.23 bits per heavy atom. The lowest BCUT2D eigenvalue weighted by molar-refractivity contribution is 0.787. The third-order valence-corrected chi connectivity index (χ3v) is 5.74. The first-order valence-corrected chi connectivity index (χ1v) is 8.92. The summed E-state index contributed by atoms with van der Waals surface area (Å²) in [4.78, 5) is 0. The van der Waals surface area contributed by atoms with Crippen LogP contribution in [0, 0.1) is 0 Å². The Morgan fingerprint density at radius 2 is 2.05 bits per heavy atom. The van der Waals surface area contributed by atoms with Crippen molar-refractivity contribution >= 4 is 30.6 Å². The molecule has 0 saturated heterocycles. The Morgan fingerprint density at radius 3 is 2.77 bits per heavy atom. The summed E-state index contributed by atoms with van der Waals surface area (Å²) in [5, 5.41) is 3.51. The Bertz CT molecular complexity index is 710. The second-order valence-corrected chi connectivity index (χ2v) is 7.84. The quantitative estimate of drug-likeness (QED) is 0.862. The Balaban J connectivity index is 2.12. The minimum Gasteiger partial charge on any atom is -0.380 e. The Kier molecular flexibility index (Phi) is 4.09. The van der Waals surface area contributed by atoms with Gasteiger partial charge < -0.3 is 5.32 Å². The summed E-state index contributed by atoms with van der Waals surface area (Å²) in [6.07, 6.45) is 13.2. The van der Waals surface area contributed by atoms with Crippen LogP contribution in [0.5, 0.6) is 0 Å². The van der Waals surface area contributed by atoms with E-state index in [4.69, 9.17) is 0 Å². The van der Waals surface area contributed by atoms with Crippen molar-refractivity contribution < 1.29 is 0 Å². The lowest BCUT2D eigenvalue weighted by Crippen LogP contribution is -2.33. The van der Waals surface area contributed by atoms with Gasteiger partial charge in [0.1, 0.15) is 7.85 Å². The van der Waals surface area contributed by atoms with Crippen LogP contribution in [-0.4, -0.2) is 24.9 Å². The summed E-state index contributed by atoms with van der Waals surface area (Å²) in [7, 11) is 2.15. The normalized spacial score (nSPS) is 20.5. The molecule has 1 aliphatic heterocycles. The molecule has 2 aliphatic rings. The molecule has 0 radical (unpaired) electrons. The summed E-state index contributed by atoms with van der Waals surface area (Å²) in [6, 6.07) is 9.04. The van der Waals surface area contributed by atoms with Crippen LogP contribution in [-0.2, 0) is 0 Å². The Hall–Kier alpha value is -1.61. The molecule has 1 N–H and O–H groups in total. The fourth-order valence-corrected chi connectivity index (χ4v) is 3.27. The van der Waals surface area contributed by atoms with Gasteiger partial charge in [-0.3, -0.25) is 0 Å². The van der Waals surface area contributed by atoms with Crippen LogP contribution < -0.4 is 10.8 Å². The van der Waals surface area contributed by atoms with Gasteiger partial charge in [0.05, 0.1) is 6.04 Å². The summed E-state index contributed by atoms with van der Waals surface area (Å²) in [6.45, 7) is 4.59. The average molecular weight is 307 g/mol. The zero-order valence-corrected chi connectivity index (χ0v) is 14.5. The van der Waals surface area contributed by atoms with Crippen molar-refractivity contribution in [2.24, 2.45) is 0 Å². The van der Waals surface area contributed by atoms with Crippen LogP contribution in [0.2, 0.25) is 0 Å². The maximum atomic E-state index is 3.51. The standard InChI is InChI=1S/C19H22BNS/c1-19(2,22-3)15-10-14-7-5-9-21-18(14)17(12-15)13-6-4-8-16(20)11-13/h4-12,18,21H,20H2,1-3H3. The van der Waals surface area contributed by atoms with Gasteiger partial charge in [-0.15, -0.1) is 0 Å². The van der Waals surface area contributed by atoms with Crippen LogP contribution in [0.4, 0.5) is 0 Å². The first-order chi connectivity index (χ1) is 10.5. The summed E-state index contributed by atoms with van der Waals surface area (Å²) in [5.74, 6) is 0. The summed E-state index contributed by atoms with van der Waals surface area (Å²) >= 11 is 1.89. The van der Waals surface area contributed by atoms with E-state index in [1.165, 1.54) is 27.7 Å². The van der Waals surface area contributed by atoms with Gasteiger partial charge in [-0.1, -0.05) is 48.0 Å². The number of fused-ring (bicyclic) bond motifs is 1. The largest absolute Gasteiger partial charge is 0.380 e. The molecule has 3 heteroatoms. The average Bonchev–Trinajstić information content (AvgIpc) is 2.53. The maximum Gasteiger partial charge on any atom is 0.139 e. The van der Waals surface area contributed by atoms with Crippen LogP contribution in [0.25, 0.3) is 5.57 Å². The van der Waals surface area contributed by atoms with Crippen LogP contribution in [0.1, 0.15) is 19.4 Å². The minimum absolute atomic E-state index is 0.113. The molecule has 1 unspecified atom stereocenters. The molecule has 1 aromatic carbocycles. The Labute approximate surface area is 138 Å². The van der Waals surface area contributed by atoms with Gasteiger partial charge in [0.2, 0.25) is 0 Å². The molecule has 1 aromatic rings. The predicted octanol–water partition coefficient (Wildman–Crippen LogP) is 2.82. The number of thioether (sulfide) groups is 1. The lowest BCUT2D eigenvalue weighted by atomic mass is 9.80. The van der Waals surface area contributed by atoms with E-state index in [9.17, 15) is 0 Å². The number of benzene rings is 1. The fraction of sp³-hybridized carbons (Fsp3) is 0.263. The monoisotopic (exact) mass is 307 g/mol. The van der Waals surface area contributed by atoms with E-state index >= 15 is 0 Å². The van der Waals surface area contributed by atoms with Crippen molar-refractivity contribution in [1.82, 2.24) is 5.32 Å². The molecule has 0 saturated carbocycles. The van der Waals surface area contributed by atoms with Gasteiger partial charge in [-0.25, -0.2) is 0 Å². The van der Waals surface area contributed by atoms with Crippen molar-refractivity contribution in [3.63, 3.8) is 0 Å². The van der Waals surface area contributed by atoms with E-state index in [-0.39, 0.29) is 10.8 Å². The summed E-state index contributed by atoms with van der Waals surface area (Å²) < 4.78 is 0.113. The van der Waals surface area contributed by atoms with Gasteiger partial charge in [0, 0.05) is 4.75 Å². The molecule has 1 aliphatic carbocycles. The second kappa shape index (κ2) is 5.88. The van der Waals surface area contributed by atoms with Crippen LogP contribution in [0.3, 0.4) is 0 Å². The van der Waals surface area contributed by atoms with Crippen molar-refractivity contribution in [1.29, 1.82) is 0 Å². The highest BCUT2D eigenvalue weighted by Crippen LogP contribution is 2.39. The molecule has 0 bridgehead atoms. The zero-order chi connectivity index (χ0) is 15.7. The van der Waals surface area contributed by atoms with E-state index in [1.54, 1.807) is 0 Å². The van der Waals surface area contributed by atoms with Crippen molar-refractivity contribution in [2.75, 3.05) is 6.26 Å². The predicted molar refractivity (Wildman–Crippen MR) is 102 cm³/mol. The molecule has 1 nitrogen and oxygen atoms in total.